The summed E-state index contributed by atoms with van der Waals surface area (Å²) in [6.07, 6.45) is 3.56. The fraction of sp³-hybridized carbons (Fsp3) is 0.538. The SMILES string of the molecule is CC(NCc1cccs1)c1nnc2n1CCCC2. The maximum atomic E-state index is 4.35. The highest BCUT2D eigenvalue weighted by Gasteiger charge is 2.19. The zero-order valence-electron chi connectivity index (χ0n) is 10.6. The predicted octanol–water partition coefficient (Wildman–Crippen LogP) is 2.53. The van der Waals surface area contributed by atoms with E-state index in [2.05, 4.69) is 44.5 Å². The van der Waals surface area contributed by atoms with E-state index in [1.54, 1.807) is 11.3 Å². The van der Waals surface area contributed by atoms with Gasteiger partial charge in [0.2, 0.25) is 0 Å². The minimum atomic E-state index is 0.256. The van der Waals surface area contributed by atoms with Gasteiger partial charge in [-0.15, -0.1) is 21.5 Å². The number of nitrogens with one attached hydrogen (secondary N) is 1. The van der Waals surface area contributed by atoms with Crippen molar-refractivity contribution in [1.82, 2.24) is 20.1 Å². The van der Waals surface area contributed by atoms with E-state index in [1.807, 2.05) is 0 Å². The van der Waals surface area contributed by atoms with Crippen molar-refractivity contribution in [2.75, 3.05) is 0 Å². The lowest BCUT2D eigenvalue weighted by molar-refractivity contribution is 0.466. The first kappa shape index (κ1) is 11.9. The highest BCUT2D eigenvalue weighted by molar-refractivity contribution is 7.09. The molecule has 2 aromatic heterocycles. The van der Waals surface area contributed by atoms with Gasteiger partial charge < -0.3 is 9.88 Å². The molecular formula is C13H18N4S. The number of aromatic nitrogens is 3. The Morgan fingerprint density at radius 2 is 2.39 bits per heavy atom. The minimum Gasteiger partial charge on any atom is -0.314 e. The van der Waals surface area contributed by atoms with Gasteiger partial charge in [-0.05, 0) is 31.2 Å². The summed E-state index contributed by atoms with van der Waals surface area (Å²) in [5.74, 6) is 2.24. The van der Waals surface area contributed by atoms with Crippen molar-refractivity contribution < 1.29 is 0 Å². The molecule has 2 aromatic rings. The van der Waals surface area contributed by atoms with E-state index in [0.29, 0.717) is 0 Å². The molecule has 4 nitrogen and oxygen atoms in total. The standard InChI is InChI=1S/C13H18N4S/c1-10(14-9-11-5-4-8-18-11)13-16-15-12-6-2-3-7-17(12)13/h4-5,8,10,14H,2-3,6-7,9H2,1H3. The van der Waals surface area contributed by atoms with Gasteiger partial charge in [-0.25, -0.2) is 0 Å². The number of hydrogen-bond acceptors (Lipinski definition) is 4. The maximum absolute atomic E-state index is 4.35. The van der Waals surface area contributed by atoms with Gasteiger partial charge in [0, 0.05) is 24.4 Å². The van der Waals surface area contributed by atoms with Crippen molar-refractivity contribution in [2.45, 2.75) is 45.3 Å². The molecule has 0 saturated heterocycles. The number of nitrogens with zero attached hydrogens (tertiary/aromatic N) is 3. The first-order chi connectivity index (χ1) is 8.84. The van der Waals surface area contributed by atoms with Gasteiger partial charge >= 0.3 is 0 Å². The Morgan fingerprint density at radius 1 is 1.44 bits per heavy atom. The lowest BCUT2D eigenvalue weighted by Crippen LogP contribution is -2.23. The molecule has 0 saturated carbocycles. The Hall–Kier alpha value is -1.20. The van der Waals surface area contributed by atoms with E-state index in [1.165, 1.54) is 17.7 Å². The normalized spacial score (nSPS) is 16.5. The molecule has 3 rings (SSSR count). The van der Waals surface area contributed by atoms with Crippen LogP contribution in [0.15, 0.2) is 17.5 Å². The summed E-state index contributed by atoms with van der Waals surface area (Å²) in [6, 6.07) is 4.50. The van der Waals surface area contributed by atoms with Crippen molar-refractivity contribution in [3.8, 4) is 0 Å². The van der Waals surface area contributed by atoms with E-state index in [-0.39, 0.29) is 6.04 Å². The molecule has 1 unspecified atom stereocenters. The van der Waals surface area contributed by atoms with Gasteiger partial charge in [-0.1, -0.05) is 6.07 Å². The number of aryl methyl sites for hydroxylation is 1. The van der Waals surface area contributed by atoms with Crippen LogP contribution in [-0.2, 0) is 19.5 Å². The quantitative estimate of drug-likeness (QED) is 0.920. The number of fused-ring (bicyclic) bond motifs is 1. The average molecular weight is 262 g/mol. The molecule has 1 N–H and O–H groups in total. The average Bonchev–Trinajstić information content (AvgIpc) is 3.05. The Kier molecular flexibility index (Phi) is 3.43. The number of thiophene rings is 1. The smallest absolute Gasteiger partial charge is 0.149 e. The van der Waals surface area contributed by atoms with Crippen LogP contribution in [0.4, 0.5) is 0 Å². The van der Waals surface area contributed by atoms with Crippen molar-refractivity contribution in [3.63, 3.8) is 0 Å². The van der Waals surface area contributed by atoms with Crippen molar-refractivity contribution in [1.29, 1.82) is 0 Å². The fourth-order valence-corrected chi connectivity index (χ4v) is 3.06. The van der Waals surface area contributed by atoms with Gasteiger partial charge in [0.25, 0.3) is 0 Å². The third kappa shape index (κ3) is 2.33. The van der Waals surface area contributed by atoms with Crippen molar-refractivity contribution >= 4 is 11.3 Å². The van der Waals surface area contributed by atoms with E-state index in [9.17, 15) is 0 Å². The summed E-state index contributed by atoms with van der Waals surface area (Å²) in [5.41, 5.74) is 0. The molecular weight excluding hydrogens is 244 g/mol. The fourth-order valence-electron chi connectivity index (χ4n) is 2.41. The van der Waals surface area contributed by atoms with Crippen LogP contribution in [0.25, 0.3) is 0 Å². The van der Waals surface area contributed by atoms with Crippen LogP contribution < -0.4 is 5.32 Å². The summed E-state index contributed by atoms with van der Waals surface area (Å²) in [5, 5.41) is 14.3. The molecule has 3 heterocycles. The Balaban J connectivity index is 1.68. The summed E-state index contributed by atoms with van der Waals surface area (Å²) in [7, 11) is 0. The van der Waals surface area contributed by atoms with Gasteiger partial charge in [-0.2, -0.15) is 0 Å². The van der Waals surface area contributed by atoms with Gasteiger partial charge in [0.1, 0.15) is 11.6 Å². The molecule has 0 spiro atoms. The van der Waals surface area contributed by atoms with Crippen LogP contribution in [0.3, 0.4) is 0 Å². The Bertz CT molecular complexity index is 503. The largest absolute Gasteiger partial charge is 0.314 e. The summed E-state index contributed by atoms with van der Waals surface area (Å²) in [4.78, 5) is 1.36. The van der Waals surface area contributed by atoms with E-state index in [4.69, 9.17) is 0 Å². The first-order valence-electron chi connectivity index (χ1n) is 6.52. The third-order valence-corrected chi connectivity index (χ3v) is 4.31. The number of rotatable bonds is 4. The molecule has 0 aliphatic carbocycles. The van der Waals surface area contributed by atoms with Crippen LogP contribution in [0.5, 0.6) is 0 Å². The van der Waals surface area contributed by atoms with Crippen LogP contribution in [0, 0.1) is 0 Å². The van der Waals surface area contributed by atoms with E-state index >= 15 is 0 Å². The molecule has 18 heavy (non-hydrogen) atoms. The zero-order chi connectivity index (χ0) is 12.4. The predicted molar refractivity (Wildman–Crippen MR) is 72.5 cm³/mol. The molecule has 0 fully saturated rings. The Labute approximate surface area is 111 Å². The molecule has 5 heteroatoms. The molecule has 0 aromatic carbocycles. The molecule has 0 bridgehead atoms. The first-order valence-corrected chi connectivity index (χ1v) is 7.40. The molecule has 0 radical (unpaired) electrons. The van der Waals surface area contributed by atoms with Crippen molar-refractivity contribution in [3.05, 3.63) is 34.0 Å². The molecule has 1 aliphatic rings. The zero-order valence-corrected chi connectivity index (χ0v) is 11.4. The molecule has 96 valence electrons. The molecule has 1 atom stereocenters. The summed E-state index contributed by atoms with van der Waals surface area (Å²) < 4.78 is 2.29. The second kappa shape index (κ2) is 5.20. The van der Waals surface area contributed by atoms with Crippen LogP contribution in [-0.4, -0.2) is 14.8 Å². The molecule has 1 aliphatic heterocycles. The topological polar surface area (TPSA) is 42.7 Å². The monoisotopic (exact) mass is 262 g/mol. The van der Waals surface area contributed by atoms with Gasteiger partial charge in [0.15, 0.2) is 0 Å². The maximum Gasteiger partial charge on any atom is 0.149 e. The summed E-state index contributed by atoms with van der Waals surface area (Å²) >= 11 is 1.79. The van der Waals surface area contributed by atoms with E-state index in [0.717, 1.165) is 31.2 Å². The third-order valence-electron chi connectivity index (χ3n) is 3.44. The lowest BCUT2D eigenvalue weighted by Gasteiger charge is -2.18. The van der Waals surface area contributed by atoms with E-state index < -0.39 is 0 Å². The van der Waals surface area contributed by atoms with Crippen LogP contribution in [0.1, 0.15) is 42.3 Å². The lowest BCUT2D eigenvalue weighted by atomic mass is 10.1. The van der Waals surface area contributed by atoms with Gasteiger partial charge in [0.05, 0.1) is 6.04 Å². The second-order valence-electron chi connectivity index (χ2n) is 4.77. The second-order valence-corrected chi connectivity index (χ2v) is 5.80. The van der Waals surface area contributed by atoms with Gasteiger partial charge in [-0.3, -0.25) is 0 Å². The van der Waals surface area contributed by atoms with Crippen LogP contribution >= 0.6 is 11.3 Å². The highest BCUT2D eigenvalue weighted by Crippen LogP contribution is 2.19. The Morgan fingerprint density at radius 3 is 3.22 bits per heavy atom. The minimum absolute atomic E-state index is 0.256. The highest BCUT2D eigenvalue weighted by atomic mass is 32.1. The van der Waals surface area contributed by atoms with Crippen molar-refractivity contribution in [2.24, 2.45) is 0 Å². The molecule has 0 amide bonds. The van der Waals surface area contributed by atoms with Crippen LogP contribution in [0.2, 0.25) is 0 Å². The summed E-state index contributed by atoms with van der Waals surface area (Å²) in [6.45, 7) is 4.14. The number of hydrogen-bond donors (Lipinski definition) is 1.